The van der Waals surface area contributed by atoms with Crippen LogP contribution in [0.3, 0.4) is 0 Å². The highest BCUT2D eigenvalue weighted by atomic mass is 79.9. The first kappa shape index (κ1) is 12.8. The van der Waals surface area contributed by atoms with Crippen molar-refractivity contribution >= 4 is 21.8 Å². The molecule has 0 aliphatic carbocycles. The van der Waals surface area contributed by atoms with Crippen LogP contribution in [0.2, 0.25) is 0 Å². The molecule has 6 heteroatoms. The summed E-state index contributed by atoms with van der Waals surface area (Å²) in [5.74, 6) is -0.144. The number of nitrogens with two attached hydrogens (primary N) is 1. The van der Waals surface area contributed by atoms with Crippen LogP contribution in [0.5, 0.6) is 0 Å². The van der Waals surface area contributed by atoms with E-state index in [4.69, 9.17) is 10.3 Å². The Morgan fingerprint density at radius 1 is 1.10 bits per heavy atom. The molecule has 0 bridgehead atoms. The van der Waals surface area contributed by atoms with E-state index in [2.05, 4.69) is 26.1 Å². The number of hydrogen-bond acceptors (Lipinski definition) is 4. The number of pyridine rings is 1. The fraction of sp³-hybridized carbons (Fsp3) is 0. The van der Waals surface area contributed by atoms with Gasteiger partial charge in [0.05, 0.1) is 11.3 Å². The maximum absolute atomic E-state index is 13.0. The van der Waals surface area contributed by atoms with Gasteiger partial charge in [0.1, 0.15) is 11.5 Å². The quantitative estimate of drug-likeness (QED) is 0.772. The lowest BCUT2D eigenvalue weighted by Gasteiger charge is -2.04. The molecule has 2 N–H and O–H groups in total. The van der Waals surface area contributed by atoms with Crippen LogP contribution in [-0.2, 0) is 0 Å². The second-order valence-electron chi connectivity index (χ2n) is 4.11. The van der Waals surface area contributed by atoms with Crippen molar-refractivity contribution in [2.24, 2.45) is 0 Å². The highest BCUT2D eigenvalue weighted by Crippen LogP contribution is 2.38. The molecule has 20 heavy (non-hydrogen) atoms. The normalized spacial score (nSPS) is 10.7. The SMILES string of the molecule is Nc1onc(-c2ccc(F)cc2)c1-c1ncccc1Br. The highest BCUT2D eigenvalue weighted by Gasteiger charge is 2.20. The monoisotopic (exact) mass is 333 g/mol. The lowest BCUT2D eigenvalue weighted by atomic mass is 10.0. The molecule has 0 fully saturated rings. The van der Waals surface area contributed by atoms with Crippen LogP contribution in [0.25, 0.3) is 22.5 Å². The van der Waals surface area contributed by atoms with E-state index >= 15 is 0 Å². The standard InChI is InChI=1S/C14H9BrFN3O/c15-10-2-1-7-18-13(10)11-12(19-20-14(11)17)8-3-5-9(16)6-4-8/h1-7H,17H2. The van der Waals surface area contributed by atoms with Crippen LogP contribution < -0.4 is 5.73 Å². The van der Waals surface area contributed by atoms with Crippen LogP contribution >= 0.6 is 15.9 Å². The lowest BCUT2D eigenvalue weighted by Crippen LogP contribution is -1.91. The summed E-state index contributed by atoms with van der Waals surface area (Å²) in [5.41, 5.74) is 8.30. The van der Waals surface area contributed by atoms with Gasteiger partial charge < -0.3 is 10.3 Å². The highest BCUT2D eigenvalue weighted by molar-refractivity contribution is 9.10. The van der Waals surface area contributed by atoms with Gasteiger partial charge in [-0.2, -0.15) is 0 Å². The maximum Gasteiger partial charge on any atom is 0.232 e. The summed E-state index contributed by atoms with van der Waals surface area (Å²) in [5, 5.41) is 3.95. The first-order chi connectivity index (χ1) is 9.66. The van der Waals surface area contributed by atoms with Gasteiger partial charge in [0.25, 0.3) is 0 Å². The van der Waals surface area contributed by atoms with Crippen LogP contribution in [0.4, 0.5) is 10.3 Å². The number of aromatic nitrogens is 2. The van der Waals surface area contributed by atoms with Crippen LogP contribution in [0, 0.1) is 5.82 Å². The van der Waals surface area contributed by atoms with Crippen molar-refractivity contribution in [2.45, 2.75) is 0 Å². The van der Waals surface area contributed by atoms with Crippen molar-refractivity contribution in [2.75, 3.05) is 5.73 Å². The van der Waals surface area contributed by atoms with E-state index in [9.17, 15) is 4.39 Å². The fourth-order valence-electron chi connectivity index (χ4n) is 1.91. The summed E-state index contributed by atoms with van der Waals surface area (Å²) in [6.07, 6.45) is 1.65. The predicted molar refractivity (Wildman–Crippen MR) is 77.2 cm³/mol. The molecule has 0 saturated heterocycles. The van der Waals surface area contributed by atoms with E-state index in [-0.39, 0.29) is 11.7 Å². The molecule has 2 aromatic heterocycles. The van der Waals surface area contributed by atoms with Crippen molar-refractivity contribution in [3.8, 4) is 22.5 Å². The second kappa shape index (κ2) is 5.05. The van der Waals surface area contributed by atoms with Gasteiger partial charge in [-0.3, -0.25) is 4.98 Å². The zero-order valence-electron chi connectivity index (χ0n) is 10.2. The summed E-state index contributed by atoms with van der Waals surface area (Å²) >= 11 is 3.42. The van der Waals surface area contributed by atoms with Gasteiger partial charge >= 0.3 is 0 Å². The van der Waals surface area contributed by atoms with Crippen molar-refractivity contribution in [1.82, 2.24) is 10.1 Å². The number of nitrogen functional groups attached to an aromatic ring is 1. The van der Waals surface area contributed by atoms with Gasteiger partial charge in [0.2, 0.25) is 5.88 Å². The molecule has 0 atom stereocenters. The molecule has 0 aliphatic heterocycles. The van der Waals surface area contributed by atoms with Gasteiger partial charge in [-0.15, -0.1) is 0 Å². The Labute approximate surface area is 122 Å². The average Bonchev–Trinajstić information content (AvgIpc) is 2.82. The minimum absolute atomic E-state index is 0.170. The predicted octanol–water partition coefficient (Wildman–Crippen LogP) is 3.89. The second-order valence-corrected chi connectivity index (χ2v) is 4.97. The molecule has 0 saturated carbocycles. The Balaban J connectivity index is 2.20. The molecule has 100 valence electrons. The van der Waals surface area contributed by atoms with Crippen molar-refractivity contribution in [3.05, 3.63) is 52.9 Å². The maximum atomic E-state index is 13.0. The molecular formula is C14H9BrFN3O. The number of anilines is 1. The first-order valence-electron chi connectivity index (χ1n) is 5.79. The van der Waals surface area contributed by atoms with Crippen molar-refractivity contribution < 1.29 is 8.91 Å². The third-order valence-electron chi connectivity index (χ3n) is 2.83. The van der Waals surface area contributed by atoms with E-state index < -0.39 is 0 Å². The van der Waals surface area contributed by atoms with Crippen LogP contribution in [0.15, 0.2) is 51.6 Å². The smallest absolute Gasteiger partial charge is 0.232 e. The Hall–Kier alpha value is -2.21. The Kier molecular flexibility index (Phi) is 3.23. The number of benzene rings is 1. The Bertz CT molecular complexity index is 755. The molecule has 0 unspecified atom stereocenters. The summed E-state index contributed by atoms with van der Waals surface area (Å²) in [4.78, 5) is 4.28. The third kappa shape index (κ3) is 2.18. The number of halogens is 2. The molecule has 2 heterocycles. The van der Waals surface area contributed by atoms with E-state index in [1.165, 1.54) is 12.1 Å². The van der Waals surface area contributed by atoms with Gasteiger partial charge in [0.15, 0.2) is 0 Å². The minimum Gasteiger partial charge on any atom is -0.367 e. The van der Waals surface area contributed by atoms with Crippen molar-refractivity contribution in [1.29, 1.82) is 0 Å². The molecule has 1 aromatic carbocycles. The van der Waals surface area contributed by atoms with Gasteiger partial charge in [-0.1, -0.05) is 5.16 Å². The van der Waals surface area contributed by atoms with E-state index in [0.717, 1.165) is 4.47 Å². The summed E-state index contributed by atoms with van der Waals surface area (Å²) in [6, 6.07) is 9.60. The van der Waals surface area contributed by atoms with Gasteiger partial charge in [-0.05, 0) is 52.3 Å². The van der Waals surface area contributed by atoms with Crippen molar-refractivity contribution in [3.63, 3.8) is 0 Å². The number of hydrogen-bond donors (Lipinski definition) is 1. The summed E-state index contributed by atoms with van der Waals surface area (Å²) in [6.45, 7) is 0. The first-order valence-corrected chi connectivity index (χ1v) is 6.58. The van der Waals surface area contributed by atoms with Gasteiger partial charge in [0, 0.05) is 16.2 Å². The summed E-state index contributed by atoms with van der Waals surface area (Å²) < 4.78 is 18.8. The molecule has 0 spiro atoms. The fourth-order valence-corrected chi connectivity index (χ4v) is 2.36. The van der Waals surface area contributed by atoms with E-state index in [1.54, 1.807) is 24.4 Å². The molecule has 4 nitrogen and oxygen atoms in total. The van der Waals surface area contributed by atoms with E-state index in [1.807, 2.05) is 6.07 Å². The van der Waals surface area contributed by atoms with Crippen LogP contribution in [0.1, 0.15) is 0 Å². The molecule has 3 aromatic rings. The van der Waals surface area contributed by atoms with E-state index in [0.29, 0.717) is 22.5 Å². The zero-order valence-corrected chi connectivity index (χ0v) is 11.8. The Morgan fingerprint density at radius 2 is 1.85 bits per heavy atom. The molecule has 0 amide bonds. The number of rotatable bonds is 2. The Morgan fingerprint density at radius 3 is 2.55 bits per heavy atom. The molecular weight excluding hydrogens is 325 g/mol. The lowest BCUT2D eigenvalue weighted by molar-refractivity contribution is 0.439. The van der Waals surface area contributed by atoms with Gasteiger partial charge in [-0.25, -0.2) is 4.39 Å². The topological polar surface area (TPSA) is 64.9 Å². The van der Waals surface area contributed by atoms with Crippen LogP contribution in [-0.4, -0.2) is 10.1 Å². The average molecular weight is 334 g/mol. The third-order valence-corrected chi connectivity index (χ3v) is 3.47. The zero-order chi connectivity index (χ0) is 14.1. The molecule has 3 rings (SSSR count). The molecule has 0 radical (unpaired) electrons. The number of nitrogens with zero attached hydrogens (tertiary/aromatic N) is 2. The minimum atomic E-state index is -0.314. The summed E-state index contributed by atoms with van der Waals surface area (Å²) in [7, 11) is 0. The molecule has 0 aliphatic rings. The largest absolute Gasteiger partial charge is 0.367 e.